The van der Waals surface area contributed by atoms with Crippen LogP contribution in [0.3, 0.4) is 0 Å². The summed E-state index contributed by atoms with van der Waals surface area (Å²) in [7, 11) is -2.19. The summed E-state index contributed by atoms with van der Waals surface area (Å²) >= 11 is 1.13. The molecule has 11 heteroatoms. The van der Waals surface area contributed by atoms with Crippen LogP contribution in [0.5, 0.6) is 5.75 Å². The maximum atomic E-state index is 13.0. The van der Waals surface area contributed by atoms with Crippen molar-refractivity contribution in [3.63, 3.8) is 0 Å². The Morgan fingerprint density at radius 3 is 2.90 bits per heavy atom. The van der Waals surface area contributed by atoms with Gasteiger partial charge in [-0.2, -0.15) is 4.31 Å². The van der Waals surface area contributed by atoms with Gasteiger partial charge in [-0.25, -0.2) is 8.42 Å². The van der Waals surface area contributed by atoms with Crippen LogP contribution in [0.15, 0.2) is 50.4 Å². The summed E-state index contributed by atoms with van der Waals surface area (Å²) in [6.45, 7) is 0.289. The van der Waals surface area contributed by atoms with Gasteiger partial charge in [0.1, 0.15) is 16.0 Å². The summed E-state index contributed by atoms with van der Waals surface area (Å²) in [5.41, 5.74) is 0.641. The molecule has 9 nitrogen and oxygen atoms in total. The Hall–Kier alpha value is -2.76. The van der Waals surface area contributed by atoms with Crippen LogP contribution in [0.25, 0.3) is 11.5 Å². The number of rotatable bonds is 6. The number of benzene rings is 1. The molecular formula is C19H20N4O5S2. The number of hydrogen-bond acceptors (Lipinski definition) is 8. The Balaban J connectivity index is 1.52. The molecule has 1 N–H and O–H groups in total. The Morgan fingerprint density at radius 1 is 1.27 bits per heavy atom. The van der Waals surface area contributed by atoms with Crippen molar-refractivity contribution in [1.29, 1.82) is 0 Å². The topological polar surface area (TPSA) is 115 Å². The zero-order valence-corrected chi connectivity index (χ0v) is 17.8. The van der Waals surface area contributed by atoms with E-state index in [1.54, 1.807) is 48.9 Å². The van der Waals surface area contributed by atoms with Crippen LogP contribution in [0, 0.1) is 0 Å². The van der Waals surface area contributed by atoms with Crippen LogP contribution in [0.1, 0.15) is 19.3 Å². The van der Waals surface area contributed by atoms with E-state index in [9.17, 15) is 13.2 Å². The zero-order valence-electron chi connectivity index (χ0n) is 16.1. The molecule has 0 aliphatic carbocycles. The predicted molar refractivity (Wildman–Crippen MR) is 111 cm³/mol. The van der Waals surface area contributed by atoms with Gasteiger partial charge >= 0.3 is 6.01 Å². The highest BCUT2D eigenvalue weighted by Gasteiger charge is 2.38. The van der Waals surface area contributed by atoms with Crippen molar-refractivity contribution in [3.05, 3.63) is 41.8 Å². The molecule has 0 saturated carbocycles. The molecule has 0 spiro atoms. The first-order valence-corrected chi connectivity index (χ1v) is 11.6. The number of thiophene rings is 1. The number of carbonyl (C=O) groups excluding carboxylic acids is 1. The number of sulfonamides is 1. The summed E-state index contributed by atoms with van der Waals surface area (Å²) < 4.78 is 38.1. The monoisotopic (exact) mass is 448 g/mol. The number of nitrogens with zero attached hydrogens (tertiary/aromatic N) is 3. The molecule has 30 heavy (non-hydrogen) atoms. The van der Waals surface area contributed by atoms with Gasteiger partial charge in [-0.05, 0) is 42.5 Å². The number of hydrogen-bond donors (Lipinski definition) is 1. The molecule has 0 radical (unpaired) electrons. The second-order valence-electron chi connectivity index (χ2n) is 6.69. The van der Waals surface area contributed by atoms with Gasteiger partial charge in [0.2, 0.25) is 11.8 Å². The number of aromatic nitrogens is 2. The van der Waals surface area contributed by atoms with Crippen molar-refractivity contribution in [1.82, 2.24) is 14.5 Å². The maximum absolute atomic E-state index is 13.0. The highest BCUT2D eigenvalue weighted by Crippen LogP contribution is 2.29. The average Bonchev–Trinajstić information content (AvgIpc) is 3.46. The van der Waals surface area contributed by atoms with Gasteiger partial charge in [-0.15, -0.1) is 16.4 Å². The van der Waals surface area contributed by atoms with Crippen LogP contribution in [-0.2, 0) is 14.8 Å². The lowest BCUT2D eigenvalue weighted by Crippen LogP contribution is -2.49. The van der Waals surface area contributed by atoms with E-state index in [0.717, 1.165) is 17.8 Å². The Morgan fingerprint density at radius 2 is 2.13 bits per heavy atom. The summed E-state index contributed by atoms with van der Waals surface area (Å²) in [5, 5.41) is 12.1. The van der Waals surface area contributed by atoms with Gasteiger partial charge in [0.15, 0.2) is 0 Å². The summed E-state index contributed by atoms with van der Waals surface area (Å²) in [5.74, 6) is 0.361. The molecule has 3 aromatic rings. The minimum Gasteiger partial charge on any atom is -0.497 e. The van der Waals surface area contributed by atoms with E-state index in [0.29, 0.717) is 24.2 Å². The van der Waals surface area contributed by atoms with E-state index in [-0.39, 0.29) is 22.7 Å². The van der Waals surface area contributed by atoms with Gasteiger partial charge in [0.05, 0.1) is 7.11 Å². The van der Waals surface area contributed by atoms with Crippen LogP contribution < -0.4 is 10.1 Å². The second-order valence-corrected chi connectivity index (χ2v) is 9.76. The minimum atomic E-state index is -3.74. The molecule has 1 atom stereocenters. The molecule has 1 aromatic carbocycles. The number of carbonyl (C=O) groups is 1. The lowest BCUT2D eigenvalue weighted by Gasteiger charge is -2.32. The third kappa shape index (κ3) is 4.09. The zero-order chi connectivity index (χ0) is 21.1. The molecule has 0 unspecified atom stereocenters. The third-order valence-electron chi connectivity index (χ3n) is 4.79. The van der Waals surface area contributed by atoms with Crippen molar-refractivity contribution >= 4 is 33.3 Å². The van der Waals surface area contributed by atoms with Crippen molar-refractivity contribution < 1.29 is 22.4 Å². The number of ether oxygens (including phenoxy) is 1. The molecule has 158 valence electrons. The Kier molecular flexibility index (Phi) is 5.84. The number of methoxy groups -OCH3 is 1. The average molecular weight is 449 g/mol. The summed E-state index contributed by atoms with van der Waals surface area (Å²) in [4.78, 5) is 12.9. The standard InChI is InChI=1S/C19H20N4O5S2/c1-27-14-7-4-6-13(12-14)18-21-22-19(28-18)20-17(24)15-8-2-3-10-23(15)30(25,26)16-9-5-11-29-16/h4-7,9,11-12,15H,2-3,8,10H2,1H3,(H,20,22,24)/t15-/m1/s1. The van der Waals surface area contributed by atoms with E-state index in [4.69, 9.17) is 9.15 Å². The highest BCUT2D eigenvalue weighted by molar-refractivity contribution is 7.91. The summed E-state index contributed by atoms with van der Waals surface area (Å²) in [6.07, 6.45) is 1.88. The molecule has 1 saturated heterocycles. The second kappa shape index (κ2) is 8.54. The van der Waals surface area contributed by atoms with Crippen molar-refractivity contribution in [3.8, 4) is 17.2 Å². The molecule has 1 aliphatic rings. The normalized spacial score (nSPS) is 17.6. The number of nitrogens with one attached hydrogen (secondary N) is 1. The van der Waals surface area contributed by atoms with Gasteiger partial charge in [-0.1, -0.05) is 23.7 Å². The Labute approximate surface area is 177 Å². The smallest absolute Gasteiger partial charge is 0.322 e. The quantitative estimate of drug-likeness (QED) is 0.616. The van der Waals surface area contributed by atoms with E-state index in [1.165, 1.54) is 4.31 Å². The van der Waals surface area contributed by atoms with E-state index in [2.05, 4.69) is 15.5 Å². The third-order valence-corrected chi connectivity index (χ3v) is 8.07. The Bertz CT molecular complexity index is 1130. The fourth-order valence-corrected chi connectivity index (χ4v) is 6.09. The molecule has 0 bridgehead atoms. The predicted octanol–water partition coefficient (Wildman–Crippen LogP) is 2.99. The molecule has 1 aliphatic heterocycles. The van der Waals surface area contributed by atoms with Crippen molar-refractivity contribution in [2.45, 2.75) is 29.5 Å². The highest BCUT2D eigenvalue weighted by atomic mass is 32.2. The van der Waals surface area contributed by atoms with Gasteiger partial charge < -0.3 is 9.15 Å². The summed E-state index contributed by atoms with van der Waals surface area (Å²) in [6, 6.07) is 9.38. The largest absolute Gasteiger partial charge is 0.497 e. The van der Waals surface area contributed by atoms with Crippen LogP contribution in [-0.4, -0.2) is 48.5 Å². The van der Waals surface area contributed by atoms with Gasteiger partial charge in [-0.3, -0.25) is 10.1 Å². The van der Waals surface area contributed by atoms with Gasteiger partial charge in [0.25, 0.3) is 10.0 Å². The van der Waals surface area contributed by atoms with Crippen molar-refractivity contribution in [2.75, 3.05) is 19.0 Å². The molecule has 1 fully saturated rings. The fraction of sp³-hybridized carbons (Fsp3) is 0.316. The SMILES string of the molecule is COc1cccc(-c2nnc(NC(=O)[C@H]3CCCCN3S(=O)(=O)c3cccs3)o2)c1. The number of piperidine rings is 1. The molecular weight excluding hydrogens is 428 g/mol. The fourth-order valence-electron chi connectivity index (χ4n) is 3.32. The van der Waals surface area contributed by atoms with Crippen LogP contribution in [0.4, 0.5) is 6.01 Å². The first-order valence-electron chi connectivity index (χ1n) is 9.33. The first-order chi connectivity index (χ1) is 14.5. The van der Waals surface area contributed by atoms with Gasteiger partial charge in [0, 0.05) is 12.1 Å². The molecule has 1 amide bonds. The van der Waals surface area contributed by atoms with Crippen LogP contribution >= 0.6 is 11.3 Å². The number of amides is 1. The minimum absolute atomic E-state index is 0.0862. The maximum Gasteiger partial charge on any atom is 0.322 e. The molecule has 3 heterocycles. The first kappa shape index (κ1) is 20.5. The lowest BCUT2D eigenvalue weighted by atomic mass is 10.0. The molecule has 4 rings (SSSR count). The number of anilines is 1. The lowest BCUT2D eigenvalue weighted by molar-refractivity contribution is -0.120. The van der Waals surface area contributed by atoms with E-state index < -0.39 is 22.0 Å². The van der Waals surface area contributed by atoms with E-state index in [1.807, 2.05) is 0 Å². The van der Waals surface area contributed by atoms with Crippen molar-refractivity contribution in [2.24, 2.45) is 0 Å². The molecule has 2 aromatic heterocycles. The van der Waals surface area contributed by atoms with Crippen LogP contribution in [0.2, 0.25) is 0 Å². The van der Waals surface area contributed by atoms with E-state index >= 15 is 0 Å².